The molecule has 16 heavy (non-hydrogen) atoms. The normalized spacial score (nSPS) is 20.9. The van der Waals surface area contributed by atoms with Crippen LogP contribution in [0.25, 0.3) is 0 Å². The topological polar surface area (TPSA) is 75.4 Å². The standard InChI is InChI=1S/C11H16N2O3/c1-7-9(5-10(14)15)11(16-13-7)8-3-2-4-12-6-8/h8,12H,2-6H2,1H3,(H,14,15). The molecule has 2 N–H and O–H groups in total. The summed E-state index contributed by atoms with van der Waals surface area (Å²) in [6.45, 7) is 3.67. The molecule has 0 radical (unpaired) electrons. The molecular weight excluding hydrogens is 208 g/mol. The lowest BCUT2D eigenvalue weighted by atomic mass is 9.93. The van der Waals surface area contributed by atoms with Crippen molar-refractivity contribution in [2.75, 3.05) is 13.1 Å². The summed E-state index contributed by atoms with van der Waals surface area (Å²) in [6, 6.07) is 0. The van der Waals surface area contributed by atoms with E-state index in [-0.39, 0.29) is 12.3 Å². The molecule has 1 atom stereocenters. The van der Waals surface area contributed by atoms with E-state index in [0.717, 1.165) is 37.3 Å². The van der Waals surface area contributed by atoms with Crippen molar-refractivity contribution in [2.24, 2.45) is 0 Å². The van der Waals surface area contributed by atoms with Crippen LogP contribution in [0.3, 0.4) is 0 Å². The third kappa shape index (κ3) is 2.24. The first-order valence-electron chi connectivity index (χ1n) is 5.56. The molecule has 1 aliphatic heterocycles. The Bertz CT molecular complexity index is 381. The van der Waals surface area contributed by atoms with Crippen molar-refractivity contribution in [3.63, 3.8) is 0 Å². The van der Waals surface area contributed by atoms with Crippen LogP contribution in [-0.4, -0.2) is 29.3 Å². The first-order valence-corrected chi connectivity index (χ1v) is 5.56. The minimum atomic E-state index is -0.837. The SMILES string of the molecule is Cc1noc(C2CCCNC2)c1CC(=O)O. The van der Waals surface area contributed by atoms with E-state index in [9.17, 15) is 4.79 Å². The molecule has 1 saturated heterocycles. The number of nitrogens with zero attached hydrogens (tertiary/aromatic N) is 1. The average molecular weight is 224 g/mol. The van der Waals surface area contributed by atoms with E-state index < -0.39 is 5.97 Å². The minimum absolute atomic E-state index is 0.00116. The van der Waals surface area contributed by atoms with Crippen LogP contribution >= 0.6 is 0 Å². The molecule has 1 aromatic heterocycles. The lowest BCUT2D eigenvalue weighted by Gasteiger charge is -2.21. The summed E-state index contributed by atoms with van der Waals surface area (Å²) in [7, 11) is 0. The van der Waals surface area contributed by atoms with E-state index in [2.05, 4.69) is 10.5 Å². The largest absolute Gasteiger partial charge is 0.481 e. The molecule has 5 nitrogen and oxygen atoms in total. The summed E-state index contributed by atoms with van der Waals surface area (Å²) in [6.07, 6.45) is 2.13. The van der Waals surface area contributed by atoms with Crippen LogP contribution in [0.1, 0.15) is 35.8 Å². The van der Waals surface area contributed by atoms with E-state index in [0.29, 0.717) is 5.69 Å². The van der Waals surface area contributed by atoms with Crippen LogP contribution < -0.4 is 5.32 Å². The summed E-state index contributed by atoms with van der Waals surface area (Å²) in [4.78, 5) is 10.8. The number of carboxylic acid groups (broad SMARTS) is 1. The summed E-state index contributed by atoms with van der Waals surface area (Å²) < 4.78 is 5.28. The average Bonchev–Trinajstić information content (AvgIpc) is 2.61. The number of rotatable bonds is 3. The fourth-order valence-electron chi connectivity index (χ4n) is 2.17. The molecule has 2 heterocycles. The number of carboxylic acids is 1. The van der Waals surface area contributed by atoms with Gasteiger partial charge in [-0.25, -0.2) is 0 Å². The van der Waals surface area contributed by atoms with Crippen LogP contribution in [0.15, 0.2) is 4.52 Å². The Morgan fingerprint density at radius 1 is 1.69 bits per heavy atom. The number of hydrogen-bond donors (Lipinski definition) is 2. The van der Waals surface area contributed by atoms with Gasteiger partial charge in [0, 0.05) is 18.0 Å². The van der Waals surface area contributed by atoms with Gasteiger partial charge in [-0.2, -0.15) is 0 Å². The van der Waals surface area contributed by atoms with E-state index in [1.807, 2.05) is 0 Å². The zero-order valence-electron chi connectivity index (χ0n) is 9.32. The monoisotopic (exact) mass is 224 g/mol. The molecule has 1 aromatic rings. The molecule has 0 spiro atoms. The Kier molecular flexibility index (Phi) is 3.24. The molecule has 88 valence electrons. The zero-order chi connectivity index (χ0) is 11.5. The second-order valence-electron chi connectivity index (χ2n) is 4.22. The van der Waals surface area contributed by atoms with Gasteiger partial charge in [-0.3, -0.25) is 4.79 Å². The fourth-order valence-corrected chi connectivity index (χ4v) is 2.17. The van der Waals surface area contributed by atoms with Gasteiger partial charge in [0.25, 0.3) is 0 Å². The van der Waals surface area contributed by atoms with Crippen molar-refractivity contribution < 1.29 is 14.4 Å². The van der Waals surface area contributed by atoms with Crippen LogP contribution in [-0.2, 0) is 11.2 Å². The van der Waals surface area contributed by atoms with Gasteiger partial charge in [0.15, 0.2) is 0 Å². The highest BCUT2D eigenvalue weighted by atomic mass is 16.5. The van der Waals surface area contributed by atoms with E-state index >= 15 is 0 Å². The fraction of sp³-hybridized carbons (Fsp3) is 0.636. The van der Waals surface area contributed by atoms with Crippen molar-refractivity contribution in [3.8, 4) is 0 Å². The Morgan fingerprint density at radius 3 is 3.12 bits per heavy atom. The molecule has 0 amide bonds. The van der Waals surface area contributed by atoms with Gasteiger partial charge < -0.3 is 14.9 Å². The van der Waals surface area contributed by atoms with Gasteiger partial charge in [-0.05, 0) is 26.3 Å². The number of hydrogen-bond acceptors (Lipinski definition) is 4. The van der Waals surface area contributed by atoms with Gasteiger partial charge in [0.1, 0.15) is 5.76 Å². The molecule has 1 unspecified atom stereocenters. The predicted molar refractivity (Wildman–Crippen MR) is 57.4 cm³/mol. The summed E-state index contributed by atoms with van der Waals surface area (Å²) in [5, 5.41) is 16.0. The highest BCUT2D eigenvalue weighted by Crippen LogP contribution is 2.28. The minimum Gasteiger partial charge on any atom is -0.481 e. The highest BCUT2D eigenvalue weighted by molar-refractivity contribution is 5.70. The highest BCUT2D eigenvalue weighted by Gasteiger charge is 2.25. The molecule has 5 heteroatoms. The summed E-state index contributed by atoms with van der Waals surface area (Å²) >= 11 is 0. The van der Waals surface area contributed by atoms with Gasteiger partial charge in [0.05, 0.1) is 12.1 Å². The van der Waals surface area contributed by atoms with Gasteiger partial charge in [-0.15, -0.1) is 0 Å². The van der Waals surface area contributed by atoms with Crippen LogP contribution in [0.4, 0.5) is 0 Å². The first kappa shape index (κ1) is 11.1. The van der Waals surface area contributed by atoms with Gasteiger partial charge >= 0.3 is 5.97 Å². The second-order valence-corrected chi connectivity index (χ2v) is 4.22. The van der Waals surface area contributed by atoms with Crippen LogP contribution in [0.2, 0.25) is 0 Å². The molecule has 2 rings (SSSR count). The van der Waals surface area contributed by atoms with E-state index in [1.54, 1.807) is 6.92 Å². The third-order valence-corrected chi connectivity index (χ3v) is 3.01. The molecule has 0 saturated carbocycles. The summed E-state index contributed by atoms with van der Waals surface area (Å²) in [5.41, 5.74) is 1.45. The van der Waals surface area contributed by atoms with Crippen molar-refractivity contribution in [3.05, 3.63) is 17.0 Å². The Morgan fingerprint density at radius 2 is 2.50 bits per heavy atom. The number of nitrogens with one attached hydrogen (secondary N) is 1. The first-order chi connectivity index (χ1) is 7.68. The maximum absolute atomic E-state index is 10.8. The quantitative estimate of drug-likeness (QED) is 0.803. The predicted octanol–water partition coefficient (Wildman–Crippen LogP) is 1.08. The second kappa shape index (κ2) is 4.65. The maximum Gasteiger partial charge on any atom is 0.308 e. The Hall–Kier alpha value is -1.36. The molecule has 0 aliphatic carbocycles. The van der Waals surface area contributed by atoms with Crippen molar-refractivity contribution in [2.45, 2.75) is 32.1 Å². The molecule has 1 aliphatic rings. The maximum atomic E-state index is 10.8. The molecular formula is C11H16N2O3. The number of piperidine rings is 1. The zero-order valence-corrected chi connectivity index (χ0v) is 9.32. The van der Waals surface area contributed by atoms with Gasteiger partial charge in [-0.1, -0.05) is 5.16 Å². The number of carbonyl (C=O) groups is 1. The van der Waals surface area contributed by atoms with Crippen LogP contribution in [0.5, 0.6) is 0 Å². The van der Waals surface area contributed by atoms with Crippen molar-refractivity contribution in [1.82, 2.24) is 10.5 Å². The van der Waals surface area contributed by atoms with E-state index in [1.165, 1.54) is 0 Å². The van der Waals surface area contributed by atoms with Gasteiger partial charge in [0.2, 0.25) is 0 Å². The lowest BCUT2D eigenvalue weighted by Crippen LogP contribution is -2.28. The number of aryl methyl sites for hydroxylation is 1. The third-order valence-electron chi connectivity index (χ3n) is 3.01. The smallest absolute Gasteiger partial charge is 0.308 e. The lowest BCUT2D eigenvalue weighted by molar-refractivity contribution is -0.136. The van der Waals surface area contributed by atoms with Crippen molar-refractivity contribution >= 4 is 5.97 Å². The summed E-state index contributed by atoms with van der Waals surface area (Å²) in [5.74, 6) is 0.188. The Balaban J connectivity index is 2.22. The molecule has 0 aromatic carbocycles. The number of aliphatic carboxylic acids is 1. The van der Waals surface area contributed by atoms with Crippen molar-refractivity contribution in [1.29, 1.82) is 0 Å². The number of aromatic nitrogens is 1. The molecule has 1 fully saturated rings. The molecule has 0 bridgehead atoms. The Labute approximate surface area is 93.8 Å². The van der Waals surface area contributed by atoms with E-state index in [4.69, 9.17) is 9.63 Å². The van der Waals surface area contributed by atoms with Crippen LogP contribution in [0, 0.1) is 6.92 Å².